The highest BCUT2D eigenvalue weighted by molar-refractivity contribution is 7.98. The van der Waals surface area contributed by atoms with Crippen LogP contribution in [-0.2, 0) is 10.5 Å². The Labute approximate surface area is 93.2 Å². The Balaban J connectivity index is 2.43. The zero-order chi connectivity index (χ0) is 11.3. The molecule has 0 aliphatic rings. The van der Waals surface area contributed by atoms with Gasteiger partial charge in [0.15, 0.2) is 0 Å². The molecule has 1 heterocycles. The molecule has 5 heteroatoms. The van der Waals surface area contributed by atoms with Crippen LogP contribution in [0.25, 0.3) is 0 Å². The van der Waals surface area contributed by atoms with Gasteiger partial charge in [0, 0.05) is 11.8 Å². The highest BCUT2D eigenvalue weighted by atomic mass is 32.2. The van der Waals surface area contributed by atoms with Crippen LogP contribution in [0.1, 0.15) is 23.2 Å². The number of hydrogen-bond donors (Lipinski definition) is 1. The Hall–Kier alpha value is -0.940. The first kappa shape index (κ1) is 12.1. The Morgan fingerprint density at radius 2 is 2.40 bits per heavy atom. The molecule has 0 aliphatic carbocycles. The standard InChI is InChI=1S/C10H15NO3S/c1-7(11)5-15-6-8-3-4-9(14-8)10(12)13-2/h3-4,7H,5-6,11H2,1-2H3. The van der Waals surface area contributed by atoms with Gasteiger partial charge in [0.25, 0.3) is 0 Å². The van der Waals surface area contributed by atoms with E-state index in [9.17, 15) is 4.79 Å². The molecule has 0 saturated carbocycles. The van der Waals surface area contributed by atoms with Gasteiger partial charge in [0.1, 0.15) is 5.76 Å². The van der Waals surface area contributed by atoms with Crippen molar-refractivity contribution in [3.05, 3.63) is 23.7 Å². The van der Waals surface area contributed by atoms with Crippen molar-refractivity contribution in [1.29, 1.82) is 0 Å². The van der Waals surface area contributed by atoms with Gasteiger partial charge in [0.2, 0.25) is 5.76 Å². The maximum atomic E-state index is 11.1. The van der Waals surface area contributed by atoms with Gasteiger partial charge in [0.05, 0.1) is 12.9 Å². The van der Waals surface area contributed by atoms with Crippen LogP contribution in [0.15, 0.2) is 16.5 Å². The molecule has 0 fully saturated rings. The van der Waals surface area contributed by atoms with Gasteiger partial charge >= 0.3 is 5.97 Å². The van der Waals surface area contributed by atoms with E-state index in [1.54, 1.807) is 23.9 Å². The highest BCUT2D eigenvalue weighted by Crippen LogP contribution is 2.16. The summed E-state index contributed by atoms with van der Waals surface area (Å²) >= 11 is 1.68. The Morgan fingerprint density at radius 3 is 3.00 bits per heavy atom. The van der Waals surface area contributed by atoms with Crippen LogP contribution in [0.3, 0.4) is 0 Å². The number of hydrogen-bond acceptors (Lipinski definition) is 5. The van der Waals surface area contributed by atoms with Crippen molar-refractivity contribution in [2.24, 2.45) is 5.73 Å². The fourth-order valence-electron chi connectivity index (χ4n) is 1.01. The van der Waals surface area contributed by atoms with Crippen LogP contribution < -0.4 is 5.73 Å². The van der Waals surface area contributed by atoms with Gasteiger partial charge in [-0.15, -0.1) is 0 Å². The normalized spacial score (nSPS) is 12.5. The third-order valence-corrected chi connectivity index (χ3v) is 2.92. The maximum absolute atomic E-state index is 11.1. The minimum Gasteiger partial charge on any atom is -0.463 e. The van der Waals surface area contributed by atoms with Crippen LogP contribution >= 0.6 is 11.8 Å². The second kappa shape index (κ2) is 5.82. The molecular weight excluding hydrogens is 214 g/mol. The van der Waals surface area contributed by atoms with Crippen LogP contribution in [0, 0.1) is 0 Å². The van der Waals surface area contributed by atoms with Crippen LogP contribution in [-0.4, -0.2) is 24.9 Å². The second-order valence-corrected chi connectivity index (χ2v) is 4.28. The van der Waals surface area contributed by atoms with E-state index in [1.807, 2.05) is 6.92 Å². The zero-order valence-electron chi connectivity index (χ0n) is 8.86. The largest absolute Gasteiger partial charge is 0.463 e. The molecule has 0 spiro atoms. The number of ether oxygens (including phenoxy) is 1. The number of thioether (sulfide) groups is 1. The molecule has 0 aliphatic heterocycles. The predicted molar refractivity (Wildman–Crippen MR) is 59.9 cm³/mol. The monoisotopic (exact) mass is 229 g/mol. The molecule has 1 aromatic rings. The topological polar surface area (TPSA) is 65.5 Å². The molecule has 4 nitrogen and oxygen atoms in total. The molecule has 0 amide bonds. The molecule has 0 radical (unpaired) electrons. The van der Waals surface area contributed by atoms with Crippen molar-refractivity contribution in [1.82, 2.24) is 0 Å². The lowest BCUT2D eigenvalue weighted by Gasteiger charge is -2.02. The lowest BCUT2D eigenvalue weighted by molar-refractivity contribution is 0.0563. The number of methoxy groups -OCH3 is 1. The van der Waals surface area contributed by atoms with E-state index in [2.05, 4.69) is 4.74 Å². The first-order valence-electron chi connectivity index (χ1n) is 4.64. The van der Waals surface area contributed by atoms with Crippen molar-refractivity contribution < 1.29 is 13.9 Å². The van der Waals surface area contributed by atoms with E-state index in [1.165, 1.54) is 7.11 Å². The molecule has 15 heavy (non-hydrogen) atoms. The lowest BCUT2D eigenvalue weighted by Crippen LogP contribution is -2.17. The summed E-state index contributed by atoms with van der Waals surface area (Å²) in [5.74, 6) is 2.15. The summed E-state index contributed by atoms with van der Waals surface area (Å²) in [6.45, 7) is 1.95. The van der Waals surface area contributed by atoms with Gasteiger partial charge in [-0.3, -0.25) is 0 Å². The summed E-state index contributed by atoms with van der Waals surface area (Å²) < 4.78 is 9.81. The molecule has 2 N–H and O–H groups in total. The molecule has 0 aromatic carbocycles. The second-order valence-electron chi connectivity index (χ2n) is 3.25. The van der Waals surface area contributed by atoms with Gasteiger partial charge < -0.3 is 14.9 Å². The molecule has 1 unspecified atom stereocenters. The Bertz CT molecular complexity index is 322. The van der Waals surface area contributed by atoms with E-state index in [0.29, 0.717) is 0 Å². The molecular formula is C10H15NO3S. The molecule has 1 atom stereocenters. The number of furan rings is 1. The van der Waals surface area contributed by atoms with E-state index in [4.69, 9.17) is 10.2 Å². The van der Waals surface area contributed by atoms with Gasteiger partial charge in [-0.25, -0.2) is 4.79 Å². The van der Waals surface area contributed by atoms with Gasteiger partial charge in [-0.05, 0) is 19.1 Å². The first-order chi connectivity index (χ1) is 7.13. The first-order valence-corrected chi connectivity index (χ1v) is 5.79. The van der Waals surface area contributed by atoms with Crippen LogP contribution in [0.5, 0.6) is 0 Å². The predicted octanol–water partition coefficient (Wildman–Crippen LogP) is 1.65. The summed E-state index contributed by atoms with van der Waals surface area (Å²) in [5, 5.41) is 0. The minimum absolute atomic E-state index is 0.171. The number of esters is 1. The molecule has 0 bridgehead atoms. The molecule has 84 valence electrons. The highest BCUT2D eigenvalue weighted by Gasteiger charge is 2.10. The van der Waals surface area contributed by atoms with E-state index < -0.39 is 5.97 Å². The van der Waals surface area contributed by atoms with Crippen molar-refractivity contribution in [2.45, 2.75) is 18.7 Å². The van der Waals surface area contributed by atoms with Gasteiger partial charge in [-0.2, -0.15) is 11.8 Å². The third-order valence-electron chi connectivity index (χ3n) is 1.67. The molecule has 1 aromatic heterocycles. The summed E-state index contributed by atoms with van der Waals surface area (Å²) in [5.41, 5.74) is 5.61. The number of carbonyl (C=O) groups is 1. The average Bonchev–Trinajstić information content (AvgIpc) is 2.65. The number of nitrogens with two attached hydrogens (primary N) is 1. The van der Waals surface area contributed by atoms with Gasteiger partial charge in [-0.1, -0.05) is 0 Å². The number of rotatable bonds is 5. The summed E-state index contributed by atoms with van der Waals surface area (Å²) in [6, 6.07) is 3.57. The fraction of sp³-hybridized carbons (Fsp3) is 0.500. The average molecular weight is 229 g/mol. The van der Waals surface area contributed by atoms with Crippen LogP contribution in [0.2, 0.25) is 0 Å². The van der Waals surface area contributed by atoms with E-state index in [-0.39, 0.29) is 11.8 Å². The zero-order valence-corrected chi connectivity index (χ0v) is 9.67. The van der Waals surface area contributed by atoms with Crippen molar-refractivity contribution in [3.63, 3.8) is 0 Å². The van der Waals surface area contributed by atoms with E-state index in [0.717, 1.165) is 17.3 Å². The van der Waals surface area contributed by atoms with Crippen molar-refractivity contribution in [3.8, 4) is 0 Å². The summed E-state index contributed by atoms with van der Waals surface area (Å²) in [4.78, 5) is 11.1. The summed E-state index contributed by atoms with van der Waals surface area (Å²) in [7, 11) is 1.33. The Kier molecular flexibility index (Phi) is 4.71. The number of carbonyl (C=O) groups excluding carboxylic acids is 1. The van der Waals surface area contributed by atoms with E-state index >= 15 is 0 Å². The van der Waals surface area contributed by atoms with Crippen molar-refractivity contribution in [2.75, 3.05) is 12.9 Å². The Morgan fingerprint density at radius 1 is 1.67 bits per heavy atom. The minimum atomic E-state index is -0.446. The maximum Gasteiger partial charge on any atom is 0.373 e. The lowest BCUT2D eigenvalue weighted by atomic mass is 10.4. The fourth-order valence-corrected chi connectivity index (χ4v) is 1.86. The smallest absolute Gasteiger partial charge is 0.373 e. The molecule has 1 rings (SSSR count). The quantitative estimate of drug-likeness (QED) is 0.778. The molecule has 0 saturated heterocycles. The van der Waals surface area contributed by atoms with Crippen molar-refractivity contribution >= 4 is 17.7 Å². The SMILES string of the molecule is COC(=O)c1ccc(CSCC(C)N)o1. The summed E-state index contributed by atoms with van der Waals surface area (Å²) in [6.07, 6.45) is 0. The van der Waals surface area contributed by atoms with Crippen LogP contribution in [0.4, 0.5) is 0 Å². The third kappa shape index (κ3) is 3.97.